The summed E-state index contributed by atoms with van der Waals surface area (Å²) < 4.78 is 0. The van der Waals surface area contributed by atoms with Crippen LogP contribution in [0.5, 0.6) is 0 Å². The van der Waals surface area contributed by atoms with Crippen molar-refractivity contribution in [3.05, 3.63) is 22.4 Å². The van der Waals surface area contributed by atoms with Crippen LogP contribution in [0.4, 0.5) is 0 Å². The van der Waals surface area contributed by atoms with Gasteiger partial charge in [0.15, 0.2) is 5.78 Å². The van der Waals surface area contributed by atoms with Crippen LogP contribution in [0, 0.1) is 0 Å². The second-order valence-corrected chi connectivity index (χ2v) is 4.02. The molecule has 0 radical (unpaired) electrons. The summed E-state index contributed by atoms with van der Waals surface area (Å²) in [6.07, 6.45) is 2.32. The van der Waals surface area contributed by atoms with Gasteiger partial charge in [0.05, 0.1) is 4.88 Å². The zero-order valence-corrected chi connectivity index (χ0v) is 8.68. The fourth-order valence-corrected chi connectivity index (χ4v) is 1.84. The molecule has 0 unspecified atom stereocenters. The molecule has 76 valence electrons. The molecule has 4 heteroatoms. The number of Topliss-reactive ketones (excluding diaryl/α,β-unsaturated/α-hetero) is 1. The van der Waals surface area contributed by atoms with Crippen LogP contribution >= 0.6 is 11.3 Å². The molecule has 0 aliphatic heterocycles. The van der Waals surface area contributed by atoms with E-state index in [0.29, 0.717) is 19.3 Å². The predicted octanol–water partition coefficient (Wildman–Crippen LogP) is 1.98. The maximum Gasteiger partial charge on any atom is 0.217 e. The highest BCUT2D eigenvalue weighted by Gasteiger charge is 2.06. The first-order chi connectivity index (χ1) is 6.70. The summed E-state index contributed by atoms with van der Waals surface area (Å²) in [6.45, 7) is 0. The van der Waals surface area contributed by atoms with E-state index >= 15 is 0 Å². The van der Waals surface area contributed by atoms with Gasteiger partial charge >= 0.3 is 0 Å². The largest absolute Gasteiger partial charge is 0.370 e. The molecule has 0 atom stereocenters. The molecule has 0 aromatic carbocycles. The third-order valence-electron chi connectivity index (χ3n) is 1.87. The number of carbonyl (C=O) groups is 2. The Kier molecular flexibility index (Phi) is 4.32. The molecule has 1 aromatic rings. The highest BCUT2D eigenvalue weighted by atomic mass is 32.1. The summed E-state index contributed by atoms with van der Waals surface area (Å²) in [5.74, 6) is -0.141. The zero-order valence-electron chi connectivity index (χ0n) is 7.86. The van der Waals surface area contributed by atoms with Crippen molar-refractivity contribution in [3.63, 3.8) is 0 Å². The molecule has 0 bridgehead atoms. The lowest BCUT2D eigenvalue weighted by Crippen LogP contribution is -2.09. The van der Waals surface area contributed by atoms with Crippen LogP contribution in [0.1, 0.15) is 35.4 Å². The van der Waals surface area contributed by atoms with Gasteiger partial charge < -0.3 is 5.73 Å². The molecule has 0 fully saturated rings. The van der Waals surface area contributed by atoms with Gasteiger partial charge in [-0.3, -0.25) is 9.59 Å². The van der Waals surface area contributed by atoms with E-state index in [1.165, 1.54) is 11.3 Å². The van der Waals surface area contributed by atoms with Crippen molar-refractivity contribution in [2.45, 2.75) is 25.7 Å². The molecule has 0 saturated carbocycles. The first-order valence-corrected chi connectivity index (χ1v) is 5.43. The molecule has 14 heavy (non-hydrogen) atoms. The highest BCUT2D eigenvalue weighted by Crippen LogP contribution is 2.13. The maximum absolute atomic E-state index is 11.4. The first-order valence-electron chi connectivity index (χ1n) is 4.55. The van der Waals surface area contributed by atoms with Crippen molar-refractivity contribution >= 4 is 23.0 Å². The number of carbonyl (C=O) groups excluding carboxylic acids is 2. The van der Waals surface area contributed by atoms with E-state index in [9.17, 15) is 9.59 Å². The summed E-state index contributed by atoms with van der Waals surface area (Å²) in [5.41, 5.74) is 4.98. The molecule has 0 spiro atoms. The van der Waals surface area contributed by atoms with Crippen LogP contribution < -0.4 is 5.73 Å². The molecular formula is C10H13NO2S. The number of hydrogen-bond acceptors (Lipinski definition) is 3. The van der Waals surface area contributed by atoms with Crippen molar-refractivity contribution in [3.8, 4) is 0 Å². The Morgan fingerprint density at radius 1 is 1.29 bits per heavy atom. The first kappa shape index (κ1) is 10.9. The molecule has 1 amide bonds. The van der Waals surface area contributed by atoms with Crippen LogP contribution in [0.15, 0.2) is 17.5 Å². The lowest BCUT2D eigenvalue weighted by Gasteiger charge is -1.97. The van der Waals surface area contributed by atoms with Gasteiger partial charge in [-0.05, 0) is 24.3 Å². The van der Waals surface area contributed by atoms with Crippen LogP contribution in [-0.4, -0.2) is 11.7 Å². The molecule has 0 aliphatic carbocycles. The maximum atomic E-state index is 11.4. The highest BCUT2D eigenvalue weighted by molar-refractivity contribution is 7.12. The van der Waals surface area contributed by atoms with Gasteiger partial charge in [0.2, 0.25) is 5.91 Å². The third kappa shape index (κ3) is 3.70. The second-order valence-electron chi connectivity index (χ2n) is 3.07. The normalized spacial score (nSPS) is 10.0. The number of hydrogen-bond donors (Lipinski definition) is 1. The molecule has 1 aromatic heterocycles. The number of primary amides is 1. The van der Waals surface area contributed by atoms with Gasteiger partial charge in [0, 0.05) is 12.8 Å². The fraction of sp³-hybridized carbons (Fsp3) is 0.400. The second kappa shape index (κ2) is 5.54. The van der Waals surface area contributed by atoms with Gasteiger partial charge in [0.25, 0.3) is 0 Å². The Morgan fingerprint density at radius 3 is 2.57 bits per heavy atom. The topological polar surface area (TPSA) is 60.2 Å². The summed E-state index contributed by atoms with van der Waals surface area (Å²) >= 11 is 1.45. The van der Waals surface area contributed by atoms with Gasteiger partial charge in [0.1, 0.15) is 0 Å². The third-order valence-corrected chi connectivity index (χ3v) is 2.78. The van der Waals surface area contributed by atoms with Crippen molar-refractivity contribution in [1.29, 1.82) is 0 Å². The standard InChI is InChI=1S/C10H13NO2S/c11-10(13)6-2-1-4-8(12)9-5-3-7-14-9/h3,5,7H,1-2,4,6H2,(H2,11,13). The number of amides is 1. The minimum atomic E-state index is -0.298. The van der Waals surface area contributed by atoms with E-state index in [4.69, 9.17) is 5.73 Å². The van der Waals surface area contributed by atoms with Crippen molar-refractivity contribution < 1.29 is 9.59 Å². The number of nitrogens with two attached hydrogens (primary N) is 1. The molecule has 1 heterocycles. The summed E-state index contributed by atoms with van der Waals surface area (Å²) in [6, 6.07) is 3.68. The molecule has 0 saturated heterocycles. The van der Waals surface area contributed by atoms with E-state index < -0.39 is 0 Å². The monoisotopic (exact) mass is 211 g/mol. The average molecular weight is 211 g/mol. The van der Waals surface area contributed by atoms with E-state index in [1.807, 2.05) is 17.5 Å². The van der Waals surface area contributed by atoms with Crippen LogP contribution in [0.2, 0.25) is 0 Å². The van der Waals surface area contributed by atoms with Crippen LogP contribution in [0.25, 0.3) is 0 Å². The summed E-state index contributed by atoms with van der Waals surface area (Å²) in [4.78, 5) is 22.7. The molecular weight excluding hydrogens is 198 g/mol. The molecule has 1 rings (SSSR count). The minimum Gasteiger partial charge on any atom is -0.370 e. The van der Waals surface area contributed by atoms with Gasteiger partial charge in [-0.2, -0.15) is 0 Å². The SMILES string of the molecule is NC(=O)CCCCC(=O)c1cccs1. The lowest BCUT2D eigenvalue weighted by atomic mass is 10.1. The number of unbranched alkanes of at least 4 members (excludes halogenated alkanes) is 1. The minimum absolute atomic E-state index is 0.157. The Morgan fingerprint density at radius 2 is 2.00 bits per heavy atom. The van der Waals surface area contributed by atoms with Gasteiger partial charge in [-0.15, -0.1) is 11.3 Å². The van der Waals surface area contributed by atoms with E-state index in [2.05, 4.69) is 0 Å². The van der Waals surface area contributed by atoms with Gasteiger partial charge in [-0.25, -0.2) is 0 Å². The Bertz CT molecular complexity index is 306. The quantitative estimate of drug-likeness (QED) is 0.577. The van der Waals surface area contributed by atoms with Crippen molar-refractivity contribution in [1.82, 2.24) is 0 Å². The van der Waals surface area contributed by atoms with Crippen LogP contribution in [-0.2, 0) is 4.79 Å². The zero-order chi connectivity index (χ0) is 10.4. The molecule has 2 N–H and O–H groups in total. The molecule has 0 aliphatic rings. The Labute approximate surface area is 86.9 Å². The van der Waals surface area contributed by atoms with E-state index in [1.54, 1.807) is 0 Å². The lowest BCUT2D eigenvalue weighted by molar-refractivity contribution is -0.118. The van der Waals surface area contributed by atoms with Crippen molar-refractivity contribution in [2.24, 2.45) is 5.73 Å². The number of thiophene rings is 1. The number of rotatable bonds is 6. The van der Waals surface area contributed by atoms with Gasteiger partial charge in [-0.1, -0.05) is 6.07 Å². The molecule has 3 nitrogen and oxygen atoms in total. The number of ketones is 1. The summed E-state index contributed by atoms with van der Waals surface area (Å²) in [7, 11) is 0. The average Bonchev–Trinajstić information content (AvgIpc) is 2.64. The van der Waals surface area contributed by atoms with Crippen LogP contribution in [0.3, 0.4) is 0 Å². The fourth-order valence-electron chi connectivity index (χ4n) is 1.15. The summed E-state index contributed by atoms with van der Waals surface area (Å²) in [5, 5.41) is 1.89. The Hall–Kier alpha value is -1.16. The Balaban J connectivity index is 2.19. The smallest absolute Gasteiger partial charge is 0.217 e. The predicted molar refractivity (Wildman–Crippen MR) is 56.3 cm³/mol. The van der Waals surface area contributed by atoms with E-state index in [-0.39, 0.29) is 11.7 Å². The van der Waals surface area contributed by atoms with E-state index in [0.717, 1.165) is 11.3 Å². The van der Waals surface area contributed by atoms with Crippen molar-refractivity contribution in [2.75, 3.05) is 0 Å².